The van der Waals surface area contributed by atoms with Crippen LogP contribution in [0.25, 0.3) is 11.3 Å². The van der Waals surface area contributed by atoms with E-state index < -0.39 is 0 Å². The fraction of sp³-hybridized carbons (Fsp3) is 0.421. The number of ketones is 1. The molecule has 4 nitrogen and oxygen atoms in total. The number of nitrogens with one attached hydrogen (secondary N) is 1. The van der Waals surface area contributed by atoms with Crippen molar-refractivity contribution >= 4 is 39.8 Å². The van der Waals surface area contributed by atoms with E-state index in [2.05, 4.69) is 10.3 Å². The van der Waals surface area contributed by atoms with Gasteiger partial charge in [0.1, 0.15) is 5.78 Å². The summed E-state index contributed by atoms with van der Waals surface area (Å²) < 4.78 is 0. The summed E-state index contributed by atoms with van der Waals surface area (Å²) in [5, 5.41) is 6.17. The number of rotatable bonds is 3. The normalized spacial score (nSPS) is 25.6. The fourth-order valence-corrected chi connectivity index (χ4v) is 4.83. The summed E-state index contributed by atoms with van der Waals surface area (Å²) >= 11 is 7.33. The standard InChI is InChI=1S/C19H19ClN2O2S/c20-15-6-4-11(5-7-15)16-10-25-19(21-16)22-18(24)14-8-12-2-1-3-13(9-14)17(12)23/h4-7,10,12-14H,1-3,8-9H2,(H,21,22,24)/t12-,13+,14?. The number of nitrogens with zero attached hydrogens (tertiary/aromatic N) is 1. The molecule has 2 bridgehead atoms. The van der Waals surface area contributed by atoms with E-state index in [-0.39, 0.29) is 23.7 Å². The quantitative estimate of drug-likeness (QED) is 0.839. The SMILES string of the molecule is O=C(Nc1nc(-c2ccc(Cl)cc2)cs1)C1C[C@H]2CCC[C@@H](C1)C2=O. The molecule has 1 amide bonds. The van der Waals surface area contributed by atoms with Crippen LogP contribution in [-0.2, 0) is 9.59 Å². The molecular formula is C19H19ClN2O2S. The summed E-state index contributed by atoms with van der Waals surface area (Å²) in [7, 11) is 0. The second kappa shape index (κ2) is 6.89. The second-order valence-electron chi connectivity index (χ2n) is 6.93. The smallest absolute Gasteiger partial charge is 0.229 e. The molecule has 0 aliphatic heterocycles. The van der Waals surface area contributed by atoms with Gasteiger partial charge in [-0.2, -0.15) is 0 Å². The van der Waals surface area contributed by atoms with Gasteiger partial charge in [-0.05, 0) is 37.8 Å². The molecule has 2 aliphatic rings. The van der Waals surface area contributed by atoms with Crippen LogP contribution < -0.4 is 5.32 Å². The third-order valence-electron chi connectivity index (χ3n) is 5.29. The van der Waals surface area contributed by atoms with Gasteiger partial charge in [0.05, 0.1) is 5.69 Å². The lowest BCUT2D eigenvalue weighted by atomic mass is 9.67. The van der Waals surface area contributed by atoms with Crippen LogP contribution >= 0.6 is 22.9 Å². The molecule has 1 aromatic carbocycles. The van der Waals surface area contributed by atoms with E-state index in [1.807, 2.05) is 29.6 Å². The molecule has 0 radical (unpaired) electrons. The summed E-state index contributed by atoms with van der Waals surface area (Å²) in [6.07, 6.45) is 4.38. The van der Waals surface area contributed by atoms with E-state index in [0.29, 0.717) is 28.8 Å². The van der Waals surface area contributed by atoms with Gasteiger partial charge in [-0.3, -0.25) is 9.59 Å². The maximum atomic E-state index is 12.6. The number of carbonyl (C=O) groups excluding carboxylic acids is 2. The van der Waals surface area contributed by atoms with E-state index in [9.17, 15) is 9.59 Å². The maximum Gasteiger partial charge on any atom is 0.229 e. The number of amides is 1. The molecule has 1 unspecified atom stereocenters. The Kier molecular flexibility index (Phi) is 4.61. The van der Waals surface area contributed by atoms with Crippen molar-refractivity contribution in [1.82, 2.24) is 4.98 Å². The number of hydrogen-bond donors (Lipinski definition) is 1. The van der Waals surface area contributed by atoms with Crippen LogP contribution in [0.15, 0.2) is 29.6 Å². The van der Waals surface area contributed by atoms with Crippen LogP contribution in [0.4, 0.5) is 5.13 Å². The number of carbonyl (C=O) groups is 2. The van der Waals surface area contributed by atoms with Gasteiger partial charge in [-0.15, -0.1) is 11.3 Å². The van der Waals surface area contributed by atoms with Crippen LogP contribution in [0.1, 0.15) is 32.1 Å². The van der Waals surface area contributed by atoms with Crippen LogP contribution in [0.2, 0.25) is 5.02 Å². The molecule has 1 N–H and O–H groups in total. The van der Waals surface area contributed by atoms with Crippen molar-refractivity contribution in [3.63, 3.8) is 0 Å². The Labute approximate surface area is 155 Å². The highest BCUT2D eigenvalue weighted by Gasteiger charge is 2.41. The first kappa shape index (κ1) is 16.7. The van der Waals surface area contributed by atoms with E-state index >= 15 is 0 Å². The van der Waals surface area contributed by atoms with Gasteiger partial charge in [0.15, 0.2) is 5.13 Å². The van der Waals surface area contributed by atoms with Crippen molar-refractivity contribution in [3.05, 3.63) is 34.7 Å². The van der Waals surface area contributed by atoms with E-state index in [1.54, 1.807) is 0 Å². The highest BCUT2D eigenvalue weighted by atomic mass is 35.5. The molecule has 4 rings (SSSR count). The van der Waals surface area contributed by atoms with Crippen molar-refractivity contribution < 1.29 is 9.59 Å². The Balaban J connectivity index is 1.43. The minimum absolute atomic E-state index is 0.00130. The lowest BCUT2D eigenvalue weighted by molar-refractivity contribution is -0.136. The van der Waals surface area contributed by atoms with Crippen LogP contribution in [0.3, 0.4) is 0 Å². The molecule has 1 aromatic heterocycles. The van der Waals surface area contributed by atoms with Crippen molar-refractivity contribution in [1.29, 1.82) is 0 Å². The molecule has 0 saturated heterocycles. The van der Waals surface area contributed by atoms with Crippen molar-refractivity contribution in [2.45, 2.75) is 32.1 Å². The van der Waals surface area contributed by atoms with Crippen LogP contribution in [0.5, 0.6) is 0 Å². The van der Waals surface area contributed by atoms with E-state index in [0.717, 1.165) is 30.5 Å². The minimum Gasteiger partial charge on any atom is -0.302 e. The van der Waals surface area contributed by atoms with Crippen LogP contribution in [0, 0.1) is 17.8 Å². The van der Waals surface area contributed by atoms with Crippen molar-refractivity contribution in [3.8, 4) is 11.3 Å². The highest BCUT2D eigenvalue weighted by Crippen LogP contribution is 2.40. The summed E-state index contributed by atoms with van der Waals surface area (Å²) in [6, 6.07) is 7.48. The summed E-state index contributed by atoms with van der Waals surface area (Å²) in [6.45, 7) is 0. The van der Waals surface area contributed by atoms with Crippen LogP contribution in [-0.4, -0.2) is 16.7 Å². The van der Waals surface area contributed by atoms with Gasteiger partial charge in [-0.25, -0.2) is 4.98 Å². The zero-order chi connectivity index (χ0) is 17.4. The molecule has 6 heteroatoms. The van der Waals surface area contributed by atoms with Crippen molar-refractivity contribution in [2.75, 3.05) is 5.32 Å². The monoisotopic (exact) mass is 374 g/mol. The molecule has 2 aromatic rings. The number of thiazole rings is 1. The van der Waals surface area contributed by atoms with Gasteiger partial charge in [0, 0.05) is 33.7 Å². The number of hydrogen-bond acceptors (Lipinski definition) is 4. The minimum atomic E-state index is -0.0733. The van der Waals surface area contributed by atoms with Gasteiger partial charge in [0.2, 0.25) is 5.91 Å². The molecular weight excluding hydrogens is 356 g/mol. The first-order valence-electron chi connectivity index (χ1n) is 8.66. The van der Waals surface area contributed by atoms with Gasteiger partial charge >= 0.3 is 0 Å². The number of halogens is 1. The first-order chi connectivity index (χ1) is 12.1. The molecule has 2 fully saturated rings. The Bertz CT molecular complexity index is 786. The summed E-state index contributed by atoms with van der Waals surface area (Å²) in [5.41, 5.74) is 1.80. The zero-order valence-corrected chi connectivity index (χ0v) is 15.3. The Morgan fingerprint density at radius 1 is 1.16 bits per heavy atom. The Morgan fingerprint density at radius 3 is 2.52 bits per heavy atom. The average molecular weight is 375 g/mol. The van der Waals surface area contributed by atoms with Gasteiger partial charge in [-0.1, -0.05) is 30.2 Å². The summed E-state index contributed by atoms with van der Waals surface area (Å²) in [5.74, 6) is 0.486. The maximum absolute atomic E-state index is 12.6. The largest absolute Gasteiger partial charge is 0.302 e. The molecule has 2 saturated carbocycles. The second-order valence-corrected chi connectivity index (χ2v) is 8.22. The number of anilines is 1. The summed E-state index contributed by atoms with van der Waals surface area (Å²) in [4.78, 5) is 29.3. The van der Waals surface area contributed by atoms with Gasteiger partial charge in [0.25, 0.3) is 0 Å². The zero-order valence-electron chi connectivity index (χ0n) is 13.7. The van der Waals surface area contributed by atoms with Gasteiger partial charge < -0.3 is 5.32 Å². The highest BCUT2D eigenvalue weighted by molar-refractivity contribution is 7.14. The number of aromatic nitrogens is 1. The topological polar surface area (TPSA) is 59.1 Å². The molecule has 1 heterocycles. The predicted octanol–water partition coefficient (Wildman–Crippen LogP) is 4.80. The molecule has 0 spiro atoms. The third-order valence-corrected chi connectivity index (χ3v) is 6.30. The Morgan fingerprint density at radius 2 is 1.84 bits per heavy atom. The van der Waals surface area contributed by atoms with E-state index in [1.165, 1.54) is 11.3 Å². The molecule has 2 aliphatic carbocycles. The molecule has 25 heavy (non-hydrogen) atoms. The number of benzene rings is 1. The first-order valence-corrected chi connectivity index (χ1v) is 9.92. The van der Waals surface area contributed by atoms with Crippen molar-refractivity contribution in [2.24, 2.45) is 17.8 Å². The average Bonchev–Trinajstić information content (AvgIpc) is 3.03. The predicted molar refractivity (Wildman–Crippen MR) is 99.8 cm³/mol. The fourth-order valence-electron chi connectivity index (χ4n) is 3.99. The van der Waals surface area contributed by atoms with E-state index in [4.69, 9.17) is 11.6 Å². The lowest BCUT2D eigenvalue weighted by Gasteiger charge is -2.36. The third kappa shape index (κ3) is 3.48. The molecule has 3 atom stereocenters. The number of fused-ring (bicyclic) bond motifs is 2. The molecule has 130 valence electrons. The number of Topliss-reactive ketones (excluding diaryl/α,β-unsaturated/α-hetero) is 1. The Hall–Kier alpha value is -1.72. The lowest BCUT2D eigenvalue weighted by Crippen LogP contribution is -2.40.